The van der Waals surface area contributed by atoms with Crippen molar-refractivity contribution in [1.82, 2.24) is 9.80 Å². The number of carbonyl (C=O) groups is 3. The number of amides is 3. The summed E-state index contributed by atoms with van der Waals surface area (Å²) in [6.07, 6.45) is 0.827. The Morgan fingerprint density at radius 2 is 1.66 bits per heavy atom. The first-order valence-corrected chi connectivity index (χ1v) is 12.8. The Bertz CT molecular complexity index is 1370. The Labute approximate surface area is 221 Å². The zero-order chi connectivity index (χ0) is 26.9. The number of hydrogen-bond acceptors (Lipinski definition) is 4. The van der Waals surface area contributed by atoms with E-state index in [-0.39, 0.29) is 30.9 Å². The van der Waals surface area contributed by atoms with Gasteiger partial charge in [-0.15, -0.1) is 0 Å². The molecular weight excluding hydrogens is 483 g/mol. The number of nitrogens with one attached hydrogen (secondary N) is 1. The molecule has 0 atom stereocenters. The van der Waals surface area contributed by atoms with Gasteiger partial charge in [-0.05, 0) is 80.3 Å². The third-order valence-corrected chi connectivity index (χ3v) is 7.66. The van der Waals surface area contributed by atoms with E-state index in [4.69, 9.17) is 0 Å². The second-order valence-electron chi connectivity index (χ2n) is 10.1. The minimum atomic E-state index is -0.860. The van der Waals surface area contributed by atoms with Crippen LogP contribution in [-0.2, 0) is 9.59 Å². The molecule has 1 spiro atoms. The lowest BCUT2D eigenvalue weighted by Gasteiger charge is -2.43. The van der Waals surface area contributed by atoms with E-state index < -0.39 is 11.4 Å². The van der Waals surface area contributed by atoms with E-state index in [1.165, 1.54) is 18.2 Å². The van der Waals surface area contributed by atoms with Gasteiger partial charge in [-0.1, -0.05) is 30.3 Å². The molecular formula is C30H31FN4O3. The number of carbonyl (C=O) groups excluding carboxylic acids is 3. The van der Waals surface area contributed by atoms with Crippen LogP contribution in [0.4, 0.5) is 15.8 Å². The molecule has 38 heavy (non-hydrogen) atoms. The third kappa shape index (κ3) is 4.86. The number of nitrogens with zero attached hydrogens (tertiary/aromatic N) is 3. The number of para-hydroxylation sites is 1. The lowest BCUT2D eigenvalue weighted by atomic mass is 9.85. The second-order valence-corrected chi connectivity index (χ2v) is 10.1. The first-order chi connectivity index (χ1) is 18.3. The average Bonchev–Trinajstić information content (AvgIpc) is 3.17. The molecule has 3 amide bonds. The van der Waals surface area contributed by atoms with E-state index >= 15 is 0 Å². The van der Waals surface area contributed by atoms with Crippen LogP contribution in [0, 0.1) is 19.7 Å². The quantitative estimate of drug-likeness (QED) is 0.549. The van der Waals surface area contributed by atoms with Crippen molar-refractivity contribution >= 4 is 29.1 Å². The molecule has 8 heteroatoms. The minimum Gasteiger partial charge on any atom is -0.339 e. The molecule has 0 aromatic heterocycles. The van der Waals surface area contributed by atoms with Crippen molar-refractivity contribution < 1.29 is 18.8 Å². The SMILES string of the molecule is Cc1ccc(NC(=O)CN2CN(c3ccccc3)C3(CCN(C(=O)c4cccc(F)c4)CC3)C2=O)cc1C. The molecule has 0 saturated carbocycles. The van der Waals surface area contributed by atoms with Gasteiger partial charge in [0, 0.05) is 30.0 Å². The van der Waals surface area contributed by atoms with Gasteiger partial charge in [-0.2, -0.15) is 0 Å². The molecule has 5 rings (SSSR count). The van der Waals surface area contributed by atoms with Gasteiger partial charge in [-0.3, -0.25) is 14.4 Å². The average molecular weight is 515 g/mol. The van der Waals surface area contributed by atoms with Gasteiger partial charge in [0.1, 0.15) is 17.9 Å². The van der Waals surface area contributed by atoms with Gasteiger partial charge in [0.15, 0.2) is 0 Å². The van der Waals surface area contributed by atoms with Gasteiger partial charge in [0.25, 0.3) is 11.8 Å². The fraction of sp³-hybridized carbons (Fsp3) is 0.300. The van der Waals surface area contributed by atoms with Crippen LogP contribution in [0.5, 0.6) is 0 Å². The van der Waals surface area contributed by atoms with Crippen LogP contribution in [-0.4, -0.2) is 59.4 Å². The van der Waals surface area contributed by atoms with Crippen LogP contribution < -0.4 is 10.2 Å². The highest BCUT2D eigenvalue weighted by Gasteiger charge is 2.54. The molecule has 2 saturated heterocycles. The van der Waals surface area contributed by atoms with Crippen LogP contribution >= 0.6 is 0 Å². The molecule has 0 radical (unpaired) electrons. The van der Waals surface area contributed by atoms with Crippen molar-refractivity contribution in [3.63, 3.8) is 0 Å². The minimum absolute atomic E-state index is 0.0667. The van der Waals surface area contributed by atoms with Crippen LogP contribution in [0.2, 0.25) is 0 Å². The van der Waals surface area contributed by atoms with E-state index in [9.17, 15) is 18.8 Å². The molecule has 0 unspecified atom stereocenters. The normalized spacial score (nSPS) is 16.7. The Kier molecular flexibility index (Phi) is 6.89. The Hall–Kier alpha value is -4.20. The first kappa shape index (κ1) is 25.4. The maximum atomic E-state index is 13.9. The summed E-state index contributed by atoms with van der Waals surface area (Å²) in [5.74, 6) is -1.08. The summed E-state index contributed by atoms with van der Waals surface area (Å²) >= 11 is 0. The molecule has 2 aliphatic rings. The zero-order valence-electron chi connectivity index (χ0n) is 21.6. The van der Waals surface area contributed by atoms with Crippen molar-refractivity contribution in [2.75, 3.05) is 36.5 Å². The van der Waals surface area contributed by atoms with Gasteiger partial charge in [0.05, 0.1) is 6.67 Å². The van der Waals surface area contributed by atoms with Gasteiger partial charge in [0.2, 0.25) is 5.91 Å². The van der Waals surface area contributed by atoms with E-state index in [2.05, 4.69) is 10.2 Å². The Morgan fingerprint density at radius 3 is 2.34 bits per heavy atom. The number of likely N-dealkylation sites (tertiary alicyclic amines) is 1. The smallest absolute Gasteiger partial charge is 0.253 e. The van der Waals surface area contributed by atoms with Gasteiger partial charge >= 0.3 is 0 Å². The van der Waals surface area contributed by atoms with Gasteiger partial charge < -0.3 is 20.0 Å². The van der Waals surface area contributed by atoms with Crippen molar-refractivity contribution in [3.8, 4) is 0 Å². The number of benzene rings is 3. The van der Waals surface area contributed by atoms with Crippen molar-refractivity contribution in [3.05, 3.63) is 95.3 Å². The molecule has 1 N–H and O–H groups in total. The monoisotopic (exact) mass is 514 g/mol. The molecule has 2 fully saturated rings. The van der Waals surface area contributed by atoms with Crippen molar-refractivity contribution in [1.29, 1.82) is 0 Å². The molecule has 3 aromatic rings. The fourth-order valence-electron chi connectivity index (χ4n) is 5.40. The van der Waals surface area contributed by atoms with E-state index in [0.29, 0.717) is 37.2 Å². The summed E-state index contributed by atoms with van der Waals surface area (Å²) in [6.45, 7) is 4.92. The Morgan fingerprint density at radius 1 is 0.921 bits per heavy atom. The maximum Gasteiger partial charge on any atom is 0.253 e. The molecule has 196 valence electrons. The maximum absolute atomic E-state index is 13.9. The molecule has 0 bridgehead atoms. The molecule has 3 aromatic carbocycles. The van der Waals surface area contributed by atoms with Crippen LogP contribution in [0.3, 0.4) is 0 Å². The lowest BCUT2D eigenvalue weighted by molar-refractivity contribution is -0.136. The number of rotatable bonds is 5. The molecule has 0 aliphatic carbocycles. The summed E-state index contributed by atoms with van der Waals surface area (Å²) in [7, 11) is 0. The van der Waals surface area contributed by atoms with Gasteiger partial charge in [-0.25, -0.2) is 4.39 Å². The number of hydrogen-bond donors (Lipinski definition) is 1. The number of piperidine rings is 1. The topological polar surface area (TPSA) is 73.0 Å². The highest BCUT2D eigenvalue weighted by Crippen LogP contribution is 2.39. The first-order valence-electron chi connectivity index (χ1n) is 12.8. The molecule has 7 nitrogen and oxygen atoms in total. The third-order valence-electron chi connectivity index (χ3n) is 7.66. The highest BCUT2D eigenvalue weighted by molar-refractivity contribution is 6.00. The zero-order valence-corrected chi connectivity index (χ0v) is 21.6. The summed E-state index contributed by atoms with van der Waals surface area (Å²) in [6, 6.07) is 21.1. The number of aryl methyl sites for hydroxylation is 2. The highest BCUT2D eigenvalue weighted by atomic mass is 19.1. The van der Waals surface area contributed by atoms with Crippen molar-refractivity contribution in [2.45, 2.75) is 32.2 Å². The van der Waals surface area contributed by atoms with E-state index in [1.54, 1.807) is 15.9 Å². The summed E-state index contributed by atoms with van der Waals surface area (Å²) < 4.78 is 13.7. The predicted molar refractivity (Wildman–Crippen MR) is 144 cm³/mol. The van der Waals surface area contributed by atoms with Crippen LogP contribution in [0.15, 0.2) is 72.8 Å². The van der Waals surface area contributed by atoms with Crippen molar-refractivity contribution in [2.24, 2.45) is 0 Å². The van der Waals surface area contributed by atoms with Crippen LogP contribution in [0.1, 0.15) is 34.3 Å². The standard InChI is InChI=1S/C30H31FN4O3/c1-21-11-12-25(17-22(21)2)32-27(36)19-34-20-35(26-9-4-3-5-10-26)30(29(34)38)13-15-33(16-14-30)28(37)23-7-6-8-24(31)18-23/h3-12,17-18H,13-16,19-20H2,1-2H3,(H,32,36). The predicted octanol–water partition coefficient (Wildman–Crippen LogP) is 4.36. The Balaban J connectivity index is 1.34. The number of halogens is 1. The van der Waals surface area contributed by atoms with E-state index in [1.807, 2.05) is 62.4 Å². The summed E-state index contributed by atoms with van der Waals surface area (Å²) in [5.41, 5.74) is 3.24. The largest absolute Gasteiger partial charge is 0.339 e. The molecule has 2 aliphatic heterocycles. The molecule has 2 heterocycles. The summed E-state index contributed by atoms with van der Waals surface area (Å²) in [5, 5.41) is 2.91. The number of anilines is 2. The van der Waals surface area contributed by atoms with Crippen LogP contribution in [0.25, 0.3) is 0 Å². The second kappa shape index (κ2) is 10.3. The van der Waals surface area contributed by atoms with E-state index in [0.717, 1.165) is 16.8 Å². The summed E-state index contributed by atoms with van der Waals surface area (Å²) in [4.78, 5) is 45.2. The fourth-order valence-corrected chi connectivity index (χ4v) is 5.40. The lowest BCUT2D eigenvalue weighted by Crippen LogP contribution is -2.57.